The zero-order valence-corrected chi connectivity index (χ0v) is 15.0. The lowest BCUT2D eigenvalue weighted by Crippen LogP contribution is -2.35. The molecule has 0 spiro atoms. The molecule has 23 heavy (non-hydrogen) atoms. The summed E-state index contributed by atoms with van der Waals surface area (Å²) >= 11 is 0. The molecule has 1 aliphatic heterocycles. The summed E-state index contributed by atoms with van der Waals surface area (Å²) < 4.78 is 5.36. The molecule has 0 aliphatic carbocycles. The predicted octanol–water partition coefficient (Wildman–Crippen LogP) is 1.72. The quantitative estimate of drug-likeness (QED) is 0.773. The van der Waals surface area contributed by atoms with Crippen molar-refractivity contribution in [1.82, 2.24) is 10.2 Å². The molecule has 0 bridgehead atoms. The van der Waals surface area contributed by atoms with Crippen LogP contribution in [0.4, 0.5) is 0 Å². The zero-order chi connectivity index (χ0) is 14.9. The van der Waals surface area contributed by atoms with Crippen LogP contribution in [0.15, 0.2) is 24.3 Å². The Morgan fingerprint density at radius 2 is 1.91 bits per heavy atom. The Hall–Kier alpha value is -0.850. The largest absolute Gasteiger partial charge is 0.379 e. The second-order valence-corrected chi connectivity index (χ2v) is 5.38. The van der Waals surface area contributed by atoms with Crippen LogP contribution in [0.2, 0.25) is 0 Å². The maximum Gasteiger partial charge on any atom is 0.220 e. The first kappa shape index (κ1) is 22.1. The van der Waals surface area contributed by atoms with E-state index < -0.39 is 0 Å². The summed E-state index contributed by atoms with van der Waals surface area (Å²) in [6.07, 6.45) is 1.24. The summed E-state index contributed by atoms with van der Waals surface area (Å²) in [5.41, 5.74) is 7.82. The minimum absolute atomic E-state index is 0. The van der Waals surface area contributed by atoms with Crippen LogP contribution in [-0.2, 0) is 22.6 Å². The third-order valence-electron chi connectivity index (χ3n) is 3.60. The van der Waals surface area contributed by atoms with Gasteiger partial charge in [-0.05, 0) is 24.1 Å². The van der Waals surface area contributed by atoms with Crippen molar-refractivity contribution in [2.24, 2.45) is 5.73 Å². The molecule has 1 saturated heterocycles. The van der Waals surface area contributed by atoms with Crippen LogP contribution in [0, 0.1) is 0 Å². The van der Waals surface area contributed by atoms with Gasteiger partial charge in [-0.15, -0.1) is 24.8 Å². The summed E-state index contributed by atoms with van der Waals surface area (Å²) in [6, 6.07) is 8.40. The number of ether oxygens (including phenoxy) is 1. The summed E-state index contributed by atoms with van der Waals surface area (Å²) in [6.45, 7) is 5.69. The zero-order valence-electron chi connectivity index (χ0n) is 13.3. The van der Waals surface area contributed by atoms with Gasteiger partial charge in [0.25, 0.3) is 0 Å². The number of rotatable bonds is 7. The maximum atomic E-state index is 11.6. The number of carbonyl (C=O) groups excluding carboxylic acids is 1. The lowest BCUT2D eigenvalue weighted by atomic mass is 10.1. The molecule has 0 radical (unpaired) electrons. The van der Waals surface area contributed by atoms with Crippen LogP contribution in [0.25, 0.3) is 0 Å². The third kappa shape index (κ3) is 8.53. The molecule has 0 unspecified atom stereocenters. The van der Waals surface area contributed by atoms with Crippen molar-refractivity contribution in [2.75, 3.05) is 32.8 Å². The Morgan fingerprint density at radius 1 is 1.22 bits per heavy atom. The molecule has 1 amide bonds. The van der Waals surface area contributed by atoms with Gasteiger partial charge in [-0.25, -0.2) is 0 Å². The number of carbonyl (C=O) groups is 1. The Bertz CT molecular complexity index is 455. The summed E-state index contributed by atoms with van der Waals surface area (Å²) in [7, 11) is 0. The Kier molecular flexibility index (Phi) is 12.1. The molecule has 0 atom stereocenters. The number of morpholine rings is 1. The van der Waals surface area contributed by atoms with E-state index in [9.17, 15) is 4.79 Å². The van der Waals surface area contributed by atoms with E-state index in [0.717, 1.165) is 44.8 Å². The number of hydrogen-bond donors (Lipinski definition) is 2. The number of amides is 1. The van der Waals surface area contributed by atoms with Crippen molar-refractivity contribution in [1.29, 1.82) is 0 Å². The van der Waals surface area contributed by atoms with Crippen molar-refractivity contribution in [3.8, 4) is 0 Å². The molecule has 0 saturated carbocycles. The number of hydrogen-bond acceptors (Lipinski definition) is 4. The van der Waals surface area contributed by atoms with Crippen LogP contribution >= 0.6 is 24.8 Å². The fourth-order valence-corrected chi connectivity index (χ4v) is 2.41. The monoisotopic (exact) mass is 363 g/mol. The fourth-order valence-electron chi connectivity index (χ4n) is 2.41. The second kappa shape index (κ2) is 12.6. The Labute approximate surface area is 150 Å². The summed E-state index contributed by atoms with van der Waals surface area (Å²) in [5.74, 6) is 0.0685. The van der Waals surface area contributed by atoms with Crippen molar-refractivity contribution in [2.45, 2.75) is 25.9 Å². The van der Waals surface area contributed by atoms with Crippen LogP contribution in [0.3, 0.4) is 0 Å². The van der Waals surface area contributed by atoms with Gasteiger partial charge in [0.1, 0.15) is 0 Å². The number of benzene rings is 1. The lowest BCUT2D eigenvalue weighted by Gasteiger charge is -2.26. The van der Waals surface area contributed by atoms with E-state index >= 15 is 0 Å². The summed E-state index contributed by atoms with van der Waals surface area (Å²) in [4.78, 5) is 14.0. The predicted molar refractivity (Wildman–Crippen MR) is 97.2 cm³/mol. The number of halogens is 2. The Morgan fingerprint density at radius 3 is 2.61 bits per heavy atom. The fraction of sp³-hybridized carbons (Fsp3) is 0.562. The van der Waals surface area contributed by atoms with Crippen LogP contribution in [-0.4, -0.2) is 43.7 Å². The van der Waals surface area contributed by atoms with Gasteiger partial charge in [0.05, 0.1) is 13.2 Å². The van der Waals surface area contributed by atoms with Crippen molar-refractivity contribution < 1.29 is 9.53 Å². The average molecular weight is 364 g/mol. The van der Waals surface area contributed by atoms with Gasteiger partial charge in [-0.2, -0.15) is 0 Å². The van der Waals surface area contributed by atoms with Crippen LogP contribution in [0.5, 0.6) is 0 Å². The van der Waals surface area contributed by atoms with Crippen molar-refractivity contribution >= 4 is 30.7 Å². The van der Waals surface area contributed by atoms with E-state index in [1.54, 1.807) is 0 Å². The Balaban J connectivity index is 0.00000242. The molecule has 1 aliphatic rings. The minimum atomic E-state index is 0. The van der Waals surface area contributed by atoms with Gasteiger partial charge in [0.15, 0.2) is 0 Å². The standard InChI is InChI=1S/C16H25N3O2.2ClH/c17-6-2-5-16(20)18-12-14-3-1-4-15(11-14)13-19-7-9-21-10-8-19;;/h1,3-4,11H,2,5-10,12-13,17H2,(H,18,20);2*1H. The molecule has 0 aromatic heterocycles. The van der Waals surface area contributed by atoms with E-state index in [1.807, 2.05) is 6.07 Å². The van der Waals surface area contributed by atoms with E-state index in [0.29, 0.717) is 19.5 Å². The number of nitrogens with one attached hydrogen (secondary N) is 1. The average Bonchev–Trinajstić information content (AvgIpc) is 2.52. The smallest absolute Gasteiger partial charge is 0.220 e. The number of nitrogens with two attached hydrogens (primary N) is 1. The highest BCUT2D eigenvalue weighted by Crippen LogP contribution is 2.10. The van der Waals surface area contributed by atoms with Gasteiger partial charge < -0.3 is 15.8 Å². The maximum absolute atomic E-state index is 11.6. The highest BCUT2D eigenvalue weighted by Gasteiger charge is 2.10. The third-order valence-corrected chi connectivity index (χ3v) is 3.60. The molecule has 1 heterocycles. The van der Waals surface area contributed by atoms with Gasteiger partial charge in [-0.1, -0.05) is 24.3 Å². The molecule has 3 N–H and O–H groups in total. The molecule has 7 heteroatoms. The van der Waals surface area contributed by atoms with Crippen molar-refractivity contribution in [3.05, 3.63) is 35.4 Å². The first-order valence-corrected chi connectivity index (χ1v) is 7.62. The van der Waals surface area contributed by atoms with Crippen molar-refractivity contribution in [3.63, 3.8) is 0 Å². The van der Waals surface area contributed by atoms with E-state index in [2.05, 4.69) is 28.4 Å². The first-order chi connectivity index (χ1) is 10.3. The van der Waals surface area contributed by atoms with Crippen LogP contribution in [0.1, 0.15) is 24.0 Å². The normalized spacial score (nSPS) is 14.5. The van der Waals surface area contributed by atoms with E-state index in [-0.39, 0.29) is 30.7 Å². The molecule has 2 rings (SSSR count). The molecule has 1 aromatic carbocycles. The minimum Gasteiger partial charge on any atom is -0.379 e. The SMILES string of the molecule is Cl.Cl.NCCCC(=O)NCc1cccc(CN2CCOCC2)c1. The van der Waals surface area contributed by atoms with Gasteiger partial charge in [0.2, 0.25) is 5.91 Å². The second-order valence-electron chi connectivity index (χ2n) is 5.38. The number of nitrogens with zero attached hydrogens (tertiary/aromatic N) is 1. The molecular formula is C16H27Cl2N3O2. The van der Waals surface area contributed by atoms with Gasteiger partial charge in [-0.3, -0.25) is 9.69 Å². The topological polar surface area (TPSA) is 67.6 Å². The summed E-state index contributed by atoms with van der Waals surface area (Å²) in [5, 5.41) is 2.94. The molecule has 1 fully saturated rings. The van der Waals surface area contributed by atoms with E-state index in [1.165, 1.54) is 5.56 Å². The van der Waals surface area contributed by atoms with E-state index in [4.69, 9.17) is 10.5 Å². The molecule has 132 valence electrons. The highest BCUT2D eigenvalue weighted by atomic mass is 35.5. The van der Waals surface area contributed by atoms with Gasteiger partial charge >= 0.3 is 0 Å². The highest BCUT2D eigenvalue weighted by molar-refractivity contribution is 5.85. The molecule has 5 nitrogen and oxygen atoms in total. The lowest BCUT2D eigenvalue weighted by molar-refractivity contribution is -0.121. The van der Waals surface area contributed by atoms with Crippen LogP contribution < -0.4 is 11.1 Å². The first-order valence-electron chi connectivity index (χ1n) is 7.62. The molecular weight excluding hydrogens is 337 g/mol. The molecule has 1 aromatic rings. The van der Waals surface area contributed by atoms with Gasteiger partial charge in [0, 0.05) is 32.6 Å².